The number of piperidine rings is 2. The normalized spacial score (nSPS) is 33.7. The first-order chi connectivity index (χ1) is 5.81. The maximum absolute atomic E-state index is 11.0. The number of carbonyl (C=O) groups excluding carboxylic acids is 1. The van der Waals surface area contributed by atoms with Gasteiger partial charge in [-0.1, -0.05) is 0 Å². The quantitative estimate of drug-likeness (QED) is 0.610. The van der Waals surface area contributed by atoms with Gasteiger partial charge < -0.3 is 10.6 Å². The van der Waals surface area contributed by atoms with Gasteiger partial charge in [0.25, 0.3) is 0 Å². The molecule has 0 aromatic heterocycles. The SMILES string of the molecule is Cl.O=C1CCC2(CCCNC2)CN1. The van der Waals surface area contributed by atoms with Crippen molar-refractivity contribution in [1.82, 2.24) is 10.6 Å². The third-order valence-electron chi connectivity index (χ3n) is 3.10. The number of hydrogen-bond acceptors (Lipinski definition) is 2. The molecule has 2 saturated heterocycles. The van der Waals surface area contributed by atoms with Crippen molar-refractivity contribution in [2.24, 2.45) is 5.41 Å². The van der Waals surface area contributed by atoms with Crippen molar-refractivity contribution in [2.75, 3.05) is 19.6 Å². The van der Waals surface area contributed by atoms with Gasteiger partial charge in [-0.05, 0) is 25.8 Å². The second-order valence-corrected chi connectivity index (χ2v) is 4.06. The molecule has 0 aliphatic carbocycles. The molecule has 0 bridgehead atoms. The standard InChI is InChI=1S/C9H16N2O.ClH/c12-8-2-4-9(7-11-8)3-1-5-10-6-9;/h10H,1-7H2,(H,11,12);1H. The van der Waals surface area contributed by atoms with Crippen molar-refractivity contribution >= 4 is 18.3 Å². The van der Waals surface area contributed by atoms with E-state index in [0.29, 0.717) is 5.41 Å². The summed E-state index contributed by atoms with van der Waals surface area (Å²) in [5.41, 5.74) is 0.395. The molecule has 1 atom stereocenters. The topological polar surface area (TPSA) is 41.1 Å². The molecule has 3 nitrogen and oxygen atoms in total. The fourth-order valence-electron chi connectivity index (χ4n) is 2.24. The second kappa shape index (κ2) is 4.29. The Kier molecular flexibility index (Phi) is 3.56. The predicted molar refractivity (Wildman–Crippen MR) is 54.0 cm³/mol. The number of hydrogen-bond donors (Lipinski definition) is 2. The minimum atomic E-state index is 0. The number of rotatable bonds is 0. The summed E-state index contributed by atoms with van der Waals surface area (Å²) in [6.07, 6.45) is 4.34. The average Bonchev–Trinajstić information content (AvgIpc) is 2.13. The summed E-state index contributed by atoms with van der Waals surface area (Å²) in [6.45, 7) is 3.13. The van der Waals surface area contributed by atoms with E-state index in [1.54, 1.807) is 0 Å². The molecule has 0 radical (unpaired) electrons. The summed E-state index contributed by atoms with van der Waals surface area (Å²) < 4.78 is 0. The van der Waals surface area contributed by atoms with Gasteiger partial charge in [-0.3, -0.25) is 4.79 Å². The zero-order valence-electron chi connectivity index (χ0n) is 7.77. The molecule has 2 aliphatic heterocycles. The van der Waals surface area contributed by atoms with Crippen molar-refractivity contribution in [3.05, 3.63) is 0 Å². The van der Waals surface area contributed by atoms with Gasteiger partial charge >= 0.3 is 0 Å². The summed E-state index contributed by atoms with van der Waals surface area (Å²) in [6, 6.07) is 0. The van der Waals surface area contributed by atoms with Gasteiger partial charge in [0, 0.05) is 24.9 Å². The van der Waals surface area contributed by atoms with Gasteiger partial charge in [-0.2, -0.15) is 0 Å². The van der Waals surface area contributed by atoms with Crippen LogP contribution in [0.2, 0.25) is 0 Å². The zero-order valence-corrected chi connectivity index (χ0v) is 8.58. The molecule has 76 valence electrons. The Hall–Kier alpha value is -0.280. The fraction of sp³-hybridized carbons (Fsp3) is 0.889. The molecule has 1 spiro atoms. The lowest BCUT2D eigenvalue weighted by Gasteiger charge is -2.40. The second-order valence-electron chi connectivity index (χ2n) is 4.06. The summed E-state index contributed by atoms with van der Waals surface area (Å²) in [4.78, 5) is 11.0. The molecular weight excluding hydrogens is 188 g/mol. The lowest BCUT2D eigenvalue weighted by molar-refractivity contribution is -0.124. The Morgan fingerprint density at radius 1 is 1.23 bits per heavy atom. The smallest absolute Gasteiger partial charge is 0.220 e. The average molecular weight is 205 g/mol. The van der Waals surface area contributed by atoms with Crippen LogP contribution in [0.4, 0.5) is 0 Å². The molecule has 4 heteroatoms. The number of amides is 1. The molecule has 0 saturated carbocycles. The van der Waals surface area contributed by atoms with Crippen LogP contribution in [0.3, 0.4) is 0 Å². The highest BCUT2D eigenvalue weighted by atomic mass is 35.5. The van der Waals surface area contributed by atoms with Gasteiger partial charge in [0.1, 0.15) is 0 Å². The molecule has 13 heavy (non-hydrogen) atoms. The van der Waals surface area contributed by atoms with Gasteiger partial charge in [0.15, 0.2) is 0 Å². The van der Waals surface area contributed by atoms with Crippen LogP contribution >= 0.6 is 12.4 Å². The minimum Gasteiger partial charge on any atom is -0.355 e. The lowest BCUT2D eigenvalue weighted by atomic mass is 9.75. The maximum Gasteiger partial charge on any atom is 0.220 e. The highest BCUT2D eigenvalue weighted by molar-refractivity contribution is 5.85. The first kappa shape index (κ1) is 10.8. The van der Waals surface area contributed by atoms with E-state index >= 15 is 0 Å². The van der Waals surface area contributed by atoms with E-state index < -0.39 is 0 Å². The van der Waals surface area contributed by atoms with E-state index in [2.05, 4.69) is 10.6 Å². The fourth-order valence-corrected chi connectivity index (χ4v) is 2.24. The Morgan fingerprint density at radius 2 is 2.08 bits per heavy atom. The van der Waals surface area contributed by atoms with Gasteiger partial charge in [0.2, 0.25) is 5.91 Å². The lowest BCUT2D eigenvalue weighted by Crippen LogP contribution is -2.51. The molecule has 2 heterocycles. The Bertz CT molecular complexity index is 178. The van der Waals surface area contributed by atoms with Crippen LogP contribution in [0.5, 0.6) is 0 Å². The highest BCUT2D eigenvalue weighted by Crippen LogP contribution is 2.32. The van der Waals surface area contributed by atoms with Crippen molar-refractivity contribution in [2.45, 2.75) is 25.7 Å². The van der Waals surface area contributed by atoms with E-state index in [1.807, 2.05) is 0 Å². The van der Waals surface area contributed by atoms with Crippen molar-refractivity contribution < 1.29 is 4.79 Å². The van der Waals surface area contributed by atoms with Crippen LogP contribution in [0, 0.1) is 5.41 Å². The summed E-state index contributed by atoms with van der Waals surface area (Å²) in [5, 5.41) is 6.37. The molecule has 0 aromatic rings. The van der Waals surface area contributed by atoms with Crippen LogP contribution in [-0.2, 0) is 4.79 Å². The molecule has 0 aromatic carbocycles. The third-order valence-corrected chi connectivity index (χ3v) is 3.10. The summed E-state index contributed by atoms with van der Waals surface area (Å²) >= 11 is 0. The monoisotopic (exact) mass is 204 g/mol. The van der Waals surface area contributed by atoms with Gasteiger partial charge in [-0.25, -0.2) is 0 Å². The number of nitrogens with one attached hydrogen (secondary N) is 2. The predicted octanol–water partition coefficient (Wildman–Crippen LogP) is 0.688. The molecule has 2 N–H and O–H groups in total. The minimum absolute atomic E-state index is 0. The molecular formula is C9H17ClN2O. The Balaban J connectivity index is 0.000000845. The van der Waals surface area contributed by atoms with Crippen LogP contribution in [0.15, 0.2) is 0 Å². The first-order valence-corrected chi connectivity index (χ1v) is 4.78. The highest BCUT2D eigenvalue weighted by Gasteiger charge is 2.35. The van der Waals surface area contributed by atoms with Crippen LogP contribution in [-0.4, -0.2) is 25.5 Å². The zero-order chi connectivity index (χ0) is 8.44. The Morgan fingerprint density at radius 3 is 2.62 bits per heavy atom. The molecule has 1 amide bonds. The van der Waals surface area contributed by atoms with Gasteiger partial charge in [-0.15, -0.1) is 12.4 Å². The molecule has 2 rings (SSSR count). The maximum atomic E-state index is 11.0. The van der Waals surface area contributed by atoms with E-state index in [9.17, 15) is 4.79 Å². The van der Waals surface area contributed by atoms with Gasteiger partial charge in [0.05, 0.1) is 0 Å². The Labute approximate surface area is 85.1 Å². The van der Waals surface area contributed by atoms with Crippen molar-refractivity contribution in [3.8, 4) is 0 Å². The third kappa shape index (κ3) is 2.35. The molecule has 2 fully saturated rings. The molecule has 2 aliphatic rings. The first-order valence-electron chi connectivity index (χ1n) is 4.78. The van der Waals surface area contributed by atoms with E-state index in [-0.39, 0.29) is 18.3 Å². The summed E-state index contributed by atoms with van der Waals surface area (Å²) in [7, 11) is 0. The van der Waals surface area contributed by atoms with Crippen LogP contribution < -0.4 is 10.6 Å². The molecule has 1 unspecified atom stereocenters. The van der Waals surface area contributed by atoms with E-state index in [1.165, 1.54) is 12.8 Å². The van der Waals surface area contributed by atoms with E-state index in [4.69, 9.17) is 0 Å². The van der Waals surface area contributed by atoms with Crippen molar-refractivity contribution in [1.29, 1.82) is 0 Å². The van der Waals surface area contributed by atoms with Crippen LogP contribution in [0.25, 0.3) is 0 Å². The summed E-state index contributed by atoms with van der Waals surface area (Å²) in [5.74, 6) is 0.228. The number of halogens is 1. The van der Waals surface area contributed by atoms with Crippen LogP contribution in [0.1, 0.15) is 25.7 Å². The van der Waals surface area contributed by atoms with E-state index in [0.717, 1.165) is 32.5 Å². The van der Waals surface area contributed by atoms with Crippen molar-refractivity contribution in [3.63, 3.8) is 0 Å². The number of carbonyl (C=O) groups is 1. The largest absolute Gasteiger partial charge is 0.355 e.